The van der Waals surface area contributed by atoms with E-state index in [1.807, 2.05) is 26.1 Å². The van der Waals surface area contributed by atoms with Gasteiger partial charge in [-0.15, -0.1) is 11.3 Å². The van der Waals surface area contributed by atoms with Gasteiger partial charge in [0.05, 0.1) is 12.3 Å². The highest BCUT2D eigenvalue weighted by atomic mass is 32.1. The Morgan fingerprint density at radius 1 is 1.21 bits per heavy atom. The second-order valence-corrected chi connectivity index (χ2v) is 5.31. The molecule has 3 nitrogen and oxygen atoms in total. The molecule has 0 aliphatic rings. The monoisotopic (exact) mass is 276 g/mol. The first-order valence-corrected chi connectivity index (χ1v) is 7.46. The third kappa shape index (κ3) is 3.33. The number of nitrogens with one attached hydrogen (secondary N) is 1. The highest BCUT2D eigenvalue weighted by molar-refractivity contribution is 7.15. The third-order valence-corrected chi connectivity index (χ3v) is 4.01. The Labute approximate surface area is 118 Å². The summed E-state index contributed by atoms with van der Waals surface area (Å²) in [5.41, 5.74) is 2.36. The zero-order valence-corrected chi connectivity index (χ0v) is 12.5. The maximum Gasteiger partial charge on any atom is 0.123 e. The van der Waals surface area contributed by atoms with Gasteiger partial charge in [-0.2, -0.15) is 0 Å². The fourth-order valence-electron chi connectivity index (χ4n) is 1.94. The third-order valence-electron chi connectivity index (χ3n) is 2.86. The Morgan fingerprint density at radius 3 is 2.53 bits per heavy atom. The predicted octanol–water partition coefficient (Wildman–Crippen LogP) is 3.49. The first-order chi connectivity index (χ1) is 9.28. The molecule has 19 heavy (non-hydrogen) atoms. The van der Waals surface area contributed by atoms with Crippen LogP contribution in [0.3, 0.4) is 0 Å². The van der Waals surface area contributed by atoms with Crippen molar-refractivity contribution in [1.82, 2.24) is 10.3 Å². The van der Waals surface area contributed by atoms with Crippen molar-refractivity contribution < 1.29 is 4.74 Å². The Hall–Kier alpha value is -1.39. The molecule has 0 radical (unpaired) electrons. The number of hydrogen-bond acceptors (Lipinski definition) is 4. The zero-order valence-electron chi connectivity index (χ0n) is 11.7. The molecule has 1 aromatic carbocycles. The van der Waals surface area contributed by atoms with Crippen molar-refractivity contribution in [2.75, 3.05) is 13.7 Å². The van der Waals surface area contributed by atoms with Crippen LogP contribution in [0, 0.1) is 0 Å². The minimum atomic E-state index is 0.697. The summed E-state index contributed by atoms with van der Waals surface area (Å²) >= 11 is 1.77. The van der Waals surface area contributed by atoms with E-state index in [1.165, 1.54) is 10.6 Å². The highest BCUT2D eigenvalue weighted by Gasteiger charge is 2.10. The van der Waals surface area contributed by atoms with Crippen LogP contribution in [0.15, 0.2) is 24.3 Å². The summed E-state index contributed by atoms with van der Waals surface area (Å²) in [7, 11) is 1.97. The Bertz CT molecular complexity index is 519. The molecule has 102 valence electrons. The molecule has 0 bridgehead atoms. The van der Waals surface area contributed by atoms with Gasteiger partial charge in [-0.1, -0.05) is 6.92 Å². The van der Waals surface area contributed by atoms with Gasteiger partial charge in [-0.3, -0.25) is 0 Å². The minimum Gasteiger partial charge on any atom is -0.494 e. The maximum absolute atomic E-state index is 5.46. The van der Waals surface area contributed by atoms with E-state index in [2.05, 4.69) is 24.4 Å². The molecule has 0 spiro atoms. The molecule has 0 saturated carbocycles. The molecule has 0 saturated heterocycles. The van der Waals surface area contributed by atoms with Gasteiger partial charge in [0.2, 0.25) is 0 Å². The van der Waals surface area contributed by atoms with Crippen molar-refractivity contribution in [2.45, 2.75) is 26.8 Å². The van der Waals surface area contributed by atoms with Crippen molar-refractivity contribution >= 4 is 11.3 Å². The van der Waals surface area contributed by atoms with Crippen LogP contribution in [0.25, 0.3) is 10.6 Å². The largest absolute Gasteiger partial charge is 0.494 e. The van der Waals surface area contributed by atoms with Crippen LogP contribution in [0.1, 0.15) is 24.4 Å². The van der Waals surface area contributed by atoms with Gasteiger partial charge < -0.3 is 10.1 Å². The average Bonchev–Trinajstić information content (AvgIpc) is 2.84. The standard InChI is InChI=1S/C15H20N2OS/c1-4-13-14(10-16-3)19-15(17-13)11-6-8-12(9-7-11)18-5-2/h6-9,16H,4-5,10H2,1-3H3. The Morgan fingerprint density at radius 2 is 1.95 bits per heavy atom. The number of ether oxygens (including phenoxy) is 1. The van der Waals surface area contributed by atoms with Gasteiger partial charge in [0, 0.05) is 17.0 Å². The van der Waals surface area contributed by atoms with E-state index in [4.69, 9.17) is 9.72 Å². The van der Waals surface area contributed by atoms with Crippen molar-refractivity contribution in [2.24, 2.45) is 0 Å². The smallest absolute Gasteiger partial charge is 0.123 e. The fourth-order valence-corrected chi connectivity index (χ4v) is 3.11. The number of rotatable bonds is 6. The van der Waals surface area contributed by atoms with E-state index in [-0.39, 0.29) is 0 Å². The topological polar surface area (TPSA) is 34.1 Å². The summed E-state index contributed by atoms with van der Waals surface area (Å²) in [5, 5.41) is 4.29. The molecule has 0 amide bonds. The molecule has 0 aliphatic carbocycles. The SMILES string of the molecule is CCOc1ccc(-c2nc(CC)c(CNC)s2)cc1. The van der Waals surface area contributed by atoms with Crippen LogP contribution < -0.4 is 10.1 Å². The van der Waals surface area contributed by atoms with Crippen molar-refractivity contribution in [3.63, 3.8) is 0 Å². The van der Waals surface area contributed by atoms with Gasteiger partial charge in [-0.25, -0.2) is 4.98 Å². The van der Waals surface area contributed by atoms with Gasteiger partial charge in [-0.05, 0) is 44.7 Å². The van der Waals surface area contributed by atoms with Crippen LogP contribution in [0.5, 0.6) is 5.75 Å². The average molecular weight is 276 g/mol. The van der Waals surface area contributed by atoms with Crippen molar-refractivity contribution in [3.05, 3.63) is 34.8 Å². The van der Waals surface area contributed by atoms with Gasteiger partial charge in [0.15, 0.2) is 0 Å². The summed E-state index contributed by atoms with van der Waals surface area (Å²) in [4.78, 5) is 6.06. The van der Waals surface area contributed by atoms with E-state index >= 15 is 0 Å². The molecule has 2 aromatic rings. The molecule has 2 rings (SSSR count). The van der Waals surface area contributed by atoms with Crippen molar-refractivity contribution in [3.8, 4) is 16.3 Å². The summed E-state index contributed by atoms with van der Waals surface area (Å²) in [5.74, 6) is 0.911. The molecule has 1 N–H and O–H groups in total. The lowest BCUT2D eigenvalue weighted by Crippen LogP contribution is -2.05. The van der Waals surface area contributed by atoms with Crippen LogP contribution in [0.2, 0.25) is 0 Å². The lowest BCUT2D eigenvalue weighted by atomic mass is 10.2. The maximum atomic E-state index is 5.46. The molecular formula is C15H20N2OS. The van der Waals surface area contributed by atoms with Crippen LogP contribution in [-0.2, 0) is 13.0 Å². The van der Waals surface area contributed by atoms with Crippen molar-refractivity contribution in [1.29, 1.82) is 0 Å². The summed E-state index contributed by atoms with van der Waals surface area (Å²) in [6, 6.07) is 8.16. The predicted molar refractivity (Wildman–Crippen MR) is 80.9 cm³/mol. The molecule has 0 unspecified atom stereocenters. The highest BCUT2D eigenvalue weighted by Crippen LogP contribution is 2.29. The normalized spacial score (nSPS) is 10.7. The summed E-state index contributed by atoms with van der Waals surface area (Å²) in [6.07, 6.45) is 0.977. The van der Waals surface area contributed by atoms with E-state index < -0.39 is 0 Å². The molecule has 1 heterocycles. The number of benzene rings is 1. The first kappa shape index (κ1) is 14.0. The Kier molecular flexibility index (Phi) is 4.93. The van der Waals surface area contributed by atoms with E-state index in [0.717, 1.165) is 29.3 Å². The zero-order chi connectivity index (χ0) is 13.7. The second-order valence-electron chi connectivity index (χ2n) is 4.23. The molecule has 1 aromatic heterocycles. The number of aromatic nitrogens is 1. The number of hydrogen-bond donors (Lipinski definition) is 1. The lowest BCUT2D eigenvalue weighted by Gasteiger charge is -2.02. The van der Waals surface area contributed by atoms with Crippen LogP contribution >= 0.6 is 11.3 Å². The lowest BCUT2D eigenvalue weighted by molar-refractivity contribution is 0.340. The van der Waals surface area contributed by atoms with Crippen LogP contribution in [0.4, 0.5) is 0 Å². The van der Waals surface area contributed by atoms with E-state index in [9.17, 15) is 0 Å². The summed E-state index contributed by atoms with van der Waals surface area (Å²) in [6.45, 7) is 5.73. The van der Waals surface area contributed by atoms with Gasteiger partial charge in [0.25, 0.3) is 0 Å². The molecule has 0 atom stereocenters. The quantitative estimate of drug-likeness (QED) is 0.877. The number of thiazole rings is 1. The summed E-state index contributed by atoms with van der Waals surface area (Å²) < 4.78 is 5.46. The van der Waals surface area contributed by atoms with E-state index in [0.29, 0.717) is 6.61 Å². The second kappa shape index (κ2) is 6.68. The van der Waals surface area contributed by atoms with Crippen LogP contribution in [-0.4, -0.2) is 18.6 Å². The van der Waals surface area contributed by atoms with Gasteiger partial charge in [0.1, 0.15) is 10.8 Å². The van der Waals surface area contributed by atoms with Gasteiger partial charge >= 0.3 is 0 Å². The Balaban J connectivity index is 2.25. The number of nitrogens with zero attached hydrogens (tertiary/aromatic N) is 1. The molecular weight excluding hydrogens is 256 g/mol. The molecule has 0 fully saturated rings. The first-order valence-electron chi connectivity index (χ1n) is 6.64. The molecule has 0 aliphatic heterocycles. The molecule has 4 heteroatoms. The van der Waals surface area contributed by atoms with E-state index in [1.54, 1.807) is 11.3 Å². The fraction of sp³-hybridized carbons (Fsp3) is 0.400. The minimum absolute atomic E-state index is 0.697. The number of aryl methyl sites for hydroxylation is 1.